The van der Waals surface area contributed by atoms with Crippen molar-refractivity contribution in [3.05, 3.63) is 21.5 Å². The van der Waals surface area contributed by atoms with Gasteiger partial charge in [-0.15, -0.1) is 0 Å². The van der Waals surface area contributed by atoms with E-state index in [4.69, 9.17) is 0 Å². The molecule has 0 N–H and O–H groups in total. The maximum absolute atomic E-state index is 12.0. The van der Waals surface area contributed by atoms with E-state index in [0.29, 0.717) is 16.4 Å². The zero-order valence-electron chi connectivity index (χ0n) is 8.31. The highest BCUT2D eigenvalue weighted by molar-refractivity contribution is 14.1. The van der Waals surface area contributed by atoms with Gasteiger partial charge in [0.2, 0.25) is 0 Å². The Kier molecular flexibility index (Phi) is 2.94. The van der Waals surface area contributed by atoms with Gasteiger partial charge in [-0.2, -0.15) is 0 Å². The van der Waals surface area contributed by atoms with Crippen LogP contribution in [0.1, 0.15) is 24.3 Å². The van der Waals surface area contributed by atoms with Gasteiger partial charge in [0.25, 0.3) is 0 Å². The van der Waals surface area contributed by atoms with Crippen LogP contribution in [0.4, 0.5) is 0 Å². The van der Waals surface area contributed by atoms with Crippen molar-refractivity contribution >= 4 is 38.1 Å². The van der Waals surface area contributed by atoms with Crippen LogP contribution in [0, 0.1) is 3.57 Å². The van der Waals surface area contributed by atoms with Crippen LogP contribution in [0.3, 0.4) is 0 Å². The summed E-state index contributed by atoms with van der Waals surface area (Å²) in [6.07, 6.45) is 7.24. The fourth-order valence-electron chi connectivity index (χ4n) is 1.49. The lowest BCUT2D eigenvalue weighted by molar-refractivity contribution is 0.565. The average Bonchev–Trinajstić information content (AvgIpc) is 3.01. The molecule has 0 radical (unpaired) electrons. The third-order valence-electron chi connectivity index (χ3n) is 2.59. The Balaban J connectivity index is 2.53. The highest BCUT2D eigenvalue weighted by Gasteiger charge is 2.28. The van der Waals surface area contributed by atoms with Crippen LogP contribution < -0.4 is 0 Å². The van der Waals surface area contributed by atoms with Gasteiger partial charge in [-0.05, 0) is 56.8 Å². The molecule has 0 amide bonds. The van der Waals surface area contributed by atoms with Gasteiger partial charge < -0.3 is 0 Å². The fourth-order valence-corrected chi connectivity index (χ4v) is 4.58. The minimum absolute atomic E-state index is 0.558. The third kappa shape index (κ3) is 2.13. The maximum Gasteiger partial charge on any atom is 0.186 e. The number of rotatable bonds is 3. The molecule has 0 bridgehead atoms. The van der Waals surface area contributed by atoms with E-state index in [1.54, 1.807) is 6.20 Å². The summed E-state index contributed by atoms with van der Waals surface area (Å²) in [5, 5.41) is 0. The van der Waals surface area contributed by atoms with E-state index >= 15 is 0 Å². The molecule has 15 heavy (non-hydrogen) atoms. The van der Waals surface area contributed by atoms with Crippen molar-refractivity contribution in [3.8, 4) is 0 Å². The van der Waals surface area contributed by atoms with Gasteiger partial charge in [0.15, 0.2) is 5.62 Å². The molecule has 1 aromatic rings. The Morgan fingerprint density at radius 3 is 2.73 bits per heavy atom. The van der Waals surface area contributed by atoms with Crippen molar-refractivity contribution in [1.82, 2.24) is 4.98 Å². The molecule has 1 aliphatic rings. The Bertz CT molecular complexity index is 457. The molecule has 1 aromatic heterocycles. The third-order valence-corrected chi connectivity index (χ3v) is 5.91. The summed E-state index contributed by atoms with van der Waals surface area (Å²) < 4.78 is 12.9. The van der Waals surface area contributed by atoms with Crippen LogP contribution >= 0.6 is 22.6 Å². The van der Waals surface area contributed by atoms with Crippen LogP contribution in [-0.4, -0.2) is 21.1 Å². The number of aromatic nitrogens is 1. The number of hydrogen-bond acceptors (Lipinski definition) is 3. The fraction of sp³-hybridized carbons (Fsp3) is 0.400. The molecule has 1 heterocycles. The number of thiol groups is 1. The smallest absolute Gasteiger partial charge is 0.186 e. The van der Waals surface area contributed by atoms with Gasteiger partial charge in [0.1, 0.15) is 0 Å². The highest BCUT2D eigenvalue weighted by Crippen LogP contribution is 2.43. The Hall–Kier alpha value is -0.300. The number of hydrogen-bond donors (Lipinski definition) is 1. The second-order valence-corrected chi connectivity index (χ2v) is 7.68. The summed E-state index contributed by atoms with van der Waals surface area (Å²) in [6, 6.07) is 0. The lowest BCUT2D eigenvalue weighted by Crippen LogP contribution is -2.13. The topological polar surface area (TPSA) is 47.0 Å². The van der Waals surface area contributed by atoms with Gasteiger partial charge in [0.05, 0.1) is 4.90 Å². The van der Waals surface area contributed by atoms with E-state index < -0.39 is 9.93 Å². The van der Waals surface area contributed by atoms with Crippen LogP contribution in [0.15, 0.2) is 17.3 Å². The molecular weight excluding hydrogens is 325 g/mol. The van der Waals surface area contributed by atoms with E-state index in [-0.39, 0.29) is 0 Å². The number of nitrogens with zero attached hydrogens (tertiary/aromatic N) is 1. The van der Waals surface area contributed by atoms with E-state index in [0.717, 1.165) is 9.13 Å². The van der Waals surface area contributed by atoms with E-state index in [9.17, 15) is 9.00 Å². The van der Waals surface area contributed by atoms with Crippen LogP contribution in [0.5, 0.6) is 0 Å². The lowest BCUT2D eigenvalue weighted by Gasteiger charge is -2.14. The standard InChI is InChI=1S/C10H12INO2S/c1-15(14,6-13)9-5-12-4-8(10(9)11)7-2-3-7/h4-7,15H,2-3H2,1H3. The van der Waals surface area contributed by atoms with Gasteiger partial charge in [-0.25, -0.2) is 0 Å². The maximum atomic E-state index is 12.0. The molecule has 0 spiro atoms. The molecule has 2 rings (SSSR count). The summed E-state index contributed by atoms with van der Waals surface area (Å²) in [7, 11) is -2.85. The van der Waals surface area contributed by atoms with Crippen molar-refractivity contribution in [2.75, 3.05) is 6.26 Å². The number of pyridine rings is 1. The van der Waals surface area contributed by atoms with Gasteiger partial charge >= 0.3 is 0 Å². The minimum Gasteiger partial charge on any atom is -0.290 e. The monoisotopic (exact) mass is 337 g/mol. The van der Waals surface area contributed by atoms with Crippen LogP contribution in [0.2, 0.25) is 0 Å². The van der Waals surface area contributed by atoms with Crippen molar-refractivity contribution in [1.29, 1.82) is 0 Å². The molecule has 0 unspecified atom stereocenters. The first-order chi connectivity index (χ1) is 7.06. The number of carbonyl (C=O) groups is 1. The molecular formula is C10H12INO2S. The molecule has 0 atom stereocenters. The first-order valence-electron chi connectivity index (χ1n) is 4.74. The zero-order chi connectivity index (χ0) is 11.1. The second-order valence-electron chi connectivity index (χ2n) is 3.93. The lowest BCUT2D eigenvalue weighted by atomic mass is 10.2. The van der Waals surface area contributed by atoms with Crippen molar-refractivity contribution < 1.29 is 9.00 Å². The largest absolute Gasteiger partial charge is 0.290 e. The Labute approximate surface area is 103 Å². The first kappa shape index (κ1) is 11.2. The molecule has 1 aliphatic carbocycles. The van der Waals surface area contributed by atoms with E-state index in [1.165, 1.54) is 19.1 Å². The Morgan fingerprint density at radius 1 is 1.53 bits per heavy atom. The van der Waals surface area contributed by atoms with E-state index in [1.807, 2.05) is 6.20 Å². The zero-order valence-corrected chi connectivity index (χ0v) is 11.4. The molecule has 0 aromatic carbocycles. The van der Waals surface area contributed by atoms with Crippen LogP contribution in [-0.2, 0) is 14.7 Å². The molecule has 3 nitrogen and oxygen atoms in total. The van der Waals surface area contributed by atoms with E-state index in [2.05, 4.69) is 27.6 Å². The second kappa shape index (κ2) is 3.93. The van der Waals surface area contributed by atoms with Gasteiger partial charge in [-0.1, -0.05) is 0 Å². The summed E-state index contributed by atoms with van der Waals surface area (Å²) >= 11 is 2.17. The highest BCUT2D eigenvalue weighted by atomic mass is 127. The molecule has 5 heteroatoms. The number of halogens is 1. The molecule has 0 saturated heterocycles. The summed E-state index contributed by atoms with van der Waals surface area (Å²) in [5.74, 6) is 0.566. The van der Waals surface area contributed by atoms with Crippen molar-refractivity contribution in [2.24, 2.45) is 0 Å². The molecule has 0 aliphatic heterocycles. The quantitative estimate of drug-likeness (QED) is 0.519. The summed E-state index contributed by atoms with van der Waals surface area (Å²) in [5.41, 5.74) is 1.71. The summed E-state index contributed by atoms with van der Waals surface area (Å²) in [6.45, 7) is 0. The predicted molar refractivity (Wildman–Crippen MR) is 69.4 cm³/mol. The normalized spacial score (nSPS) is 17.5. The van der Waals surface area contributed by atoms with Crippen LogP contribution in [0.25, 0.3) is 0 Å². The van der Waals surface area contributed by atoms with Gasteiger partial charge in [-0.3, -0.25) is 14.0 Å². The Morgan fingerprint density at radius 2 is 2.20 bits per heavy atom. The van der Waals surface area contributed by atoms with Gasteiger partial charge in [0, 0.05) is 22.2 Å². The average molecular weight is 337 g/mol. The molecule has 1 saturated carbocycles. The van der Waals surface area contributed by atoms with Crippen molar-refractivity contribution in [3.63, 3.8) is 0 Å². The minimum atomic E-state index is -2.85. The first-order valence-corrected chi connectivity index (χ1v) is 8.04. The SMILES string of the molecule is C[SH](=O)(C=O)c1cncc(C2CC2)c1I. The molecule has 82 valence electrons. The van der Waals surface area contributed by atoms with Crippen molar-refractivity contribution in [2.45, 2.75) is 23.7 Å². The predicted octanol–water partition coefficient (Wildman–Crippen LogP) is 1.76. The molecule has 1 fully saturated rings. The summed E-state index contributed by atoms with van der Waals surface area (Å²) in [4.78, 5) is 15.5. The number of carbonyl (C=O) groups excluding carboxylic acids is 1.